The molecule has 6 heteroatoms. The normalized spacial score (nSPS) is 49.1. The van der Waals surface area contributed by atoms with Crippen molar-refractivity contribution < 1.29 is 30.0 Å². The monoisotopic (exact) mass is 378 g/mol. The fourth-order valence-electron chi connectivity index (χ4n) is 7.35. The predicted molar refractivity (Wildman–Crippen MR) is 96.6 cm³/mol. The summed E-state index contributed by atoms with van der Waals surface area (Å²) in [5, 5.41) is 42.1. The summed E-state index contributed by atoms with van der Waals surface area (Å²) in [4.78, 5) is 24.3. The van der Waals surface area contributed by atoms with Gasteiger partial charge in [0.25, 0.3) is 0 Å². The molecule has 0 amide bonds. The second-order valence-corrected chi connectivity index (χ2v) is 9.45. The van der Waals surface area contributed by atoms with Gasteiger partial charge in [0.15, 0.2) is 11.6 Å². The Kier molecular flexibility index (Phi) is 4.43. The first-order valence-corrected chi connectivity index (χ1v) is 10.1. The van der Waals surface area contributed by atoms with Gasteiger partial charge in [-0.1, -0.05) is 12.5 Å². The van der Waals surface area contributed by atoms with E-state index < -0.39 is 29.5 Å². The fraction of sp³-hybridized carbons (Fsp3) is 0.810. The third-order valence-corrected chi connectivity index (χ3v) is 8.65. The highest BCUT2D eigenvalue weighted by Crippen LogP contribution is 2.67. The lowest BCUT2D eigenvalue weighted by atomic mass is 9.45. The molecule has 0 saturated heterocycles. The van der Waals surface area contributed by atoms with Gasteiger partial charge in [0.2, 0.25) is 0 Å². The minimum Gasteiger partial charge on any atom is -0.396 e. The molecule has 4 N–H and O–H groups in total. The number of carbonyl (C=O) groups is 2. The molecule has 0 aromatic rings. The number of aliphatic hydroxyl groups excluding tert-OH is 3. The Labute approximate surface area is 159 Å². The van der Waals surface area contributed by atoms with E-state index in [1.165, 1.54) is 0 Å². The zero-order valence-electron chi connectivity index (χ0n) is 15.9. The molecule has 6 nitrogen and oxygen atoms in total. The molecule has 27 heavy (non-hydrogen) atoms. The largest absolute Gasteiger partial charge is 0.396 e. The van der Waals surface area contributed by atoms with Gasteiger partial charge >= 0.3 is 0 Å². The Morgan fingerprint density at radius 2 is 1.96 bits per heavy atom. The number of aliphatic hydroxyl groups is 4. The van der Waals surface area contributed by atoms with E-state index in [1.54, 1.807) is 6.08 Å². The molecule has 3 saturated carbocycles. The molecule has 4 aliphatic carbocycles. The second kappa shape index (κ2) is 6.21. The Bertz CT molecular complexity index is 701. The van der Waals surface area contributed by atoms with Crippen LogP contribution in [0.15, 0.2) is 11.6 Å². The highest BCUT2D eigenvalue weighted by molar-refractivity contribution is 5.91. The van der Waals surface area contributed by atoms with E-state index in [4.69, 9.17) is 0 Å². The van der Waals surface area contributed by atoms with Crippen LogP contribution in [0.1, 0.15) is 51.9 Å². The minimum absolute atomic E-state index is 0.0400. The van der Waals surface area contributed by atoms with E-state index in [9.17, 15) is 30.0 Å². The third-order valence-electron chi connectivity index (χ3n) is 8.65. The van der Waals surface area contributed by atoms with Crippen LogP contribution in [0.4, 0.5) is 0 Å². The van der Waals surface area contributed by atoms with Crippen LogP contribution in [-0.4, -0.2) is 56.9 Å². The molecule has 0 aromatic carbocycles. The molecular weight excluding hydrogens is 348 g/mol. The van der Waals surface area contributed by atoms with Crippen molar-refractivity contribution in [3.63, 3.8) is 0 Å². The SMILES string of the molecule is C[C@]12CCC(=O)C=C1CCC1[C@@H]2[C@@H](O)C[C@@]2(CO)[C@H]1CC[C@@]2(O)C(=O)CO. The first-order chi connectivity index (χ1) is 12.7. The number of fused-ring (bicyclic) bond motifs is 5. The quantitative estimate of drug-likeness (QED) is 0.576. The summed E-state index contributed by atoms with van der Waals surface area (Å²) in [7, 11) is 0. The molecule has 4 aliphatic rings. The topological polar surface area (TPSA) is 115 Å². The number of allylic oxidation sites excluding steroid dienone is 1. The van der Waals surface area contributed by atoms with Gasteiger partial charge in [-0.2, -0.15) is 0 Å². The van der Waals surface area contributed by atoms with E-state index in [1.807, 2.05) is 0 Å². The fourth-order valence-corrected chi connectivity index (χ4v) is 7.35. The van der Waals surface area contributed by atoms with Crippen LogP contribution in [0.5, 0.6) is 0 Å². The van der Waals surface area contributed by atoms with Crippen molar-refractivity contribution in [1.82, 2.24) is 0 Å². The van der Waals surface area contributed by atoms with Crippen molar-refractivity contribution in [3.8, 4) is 0 Å². The zero-order valence-corrected chi connectivity index (χ0v) is 15.9. The molecular formula is C21H30O6. The number of carbonyl (C=O) groups excluding carboxylic acids is 2. The molecule has 150 valence electrons. The summed E-state index contributed by atoms with van der Waals surface area (Å²) in [5.41, 5.74) is -2.02. The van der Waals surface area contributed by atoms with Gasteiger partial charge in [-0.3, -0.25) is 9.59 Å². The van der Waals surface area contributed by atoms with Crippen LogP contribution in [0, 0.1) is 28.6 Å². The van der Waals surface area contributed by atoms with Gasteiger partial charge in [-0.15, -0.1) is 0 Å². The van der Waals surface area contributed by atoms with Crippen LogP contribution in [0.2, 0.25) is 0 Å². The van der Waals surface area contributed by atoms with Crippen molar-refractivity contribution >= 4 is 11.6 Å². The molecule has 1 unspecified atom stereocenters. The average molecular weight is 378 g/mol. The maximum atomic E-state index is 12.4. The molecule has 0 aromatic heterocycles. The molecule has 3 fully saturated rings. The van der Waals surface area contributed by atoms with Gasteiger partial charge in [0.05, 0.1) is 12.7 Å². The molecule has 0 radical (unpaired) electrons. The van der Waals surface area contributed by atoms with Gasteiger partial charge < -0.3 is 20.4 Å². The molecule has 0 heterocycles. The van der Waals surface area contributed by atoms with Crippen LogP contribution < -0.4 is 0 Å². The van der Waals surface area contributed by atoms with Crippen LogP contribution >= 0.6 is 0 Å². The van der Waals surface area contributed by atoms with E-state index in [-0.39, 0.29) is 48.4 Å². The van der Waals surface area contributed by atoms with Crippen molar-refractivity contribution in [3.05, 3.63) is 11.6 Å². The first-order valence-electron chi connectivity index (χ1n) is 10.1. The highest BCUT2D eigenvalue weighted by Gasteiger charge is 2.69. The van der Waals surface area contributed by atoms with Crippen LogP contribution in [0.25, 0.3) is 0 Å². The Balaban J connectivity index is 1.76. The highest BCUT2D eigenvalue weighted by atomic mass is 16.3. The smallest absolute Gasteiger partial charge is 0.190 e. The molecule has 0 aliphatic heterocycles. The first kappa shape index (κ1) is 19.2. The van der Waals surface area contributed by atoms with E-state index in [2.05, 4.69) is 6.92 Å². The molecule has 7 atom stereocenters. The number of rotatable bonds is 3. The zero-order chi connectivity index (χ0) is 19.6. The lowest BCUT2D eigenvalue weighted by molar-refractivity contribution is -0.197. The molecule has 0 spiro atoms. The summed E-state index contributed by atoms with van der Waals surface area (Å²) in [5.74, 6) is -0.540. The Hall–Kier alpha value is -1.08. The minimum atomic E-state index is -1.79. The third kappa shape index (κ3) is 2.33. The number of hydrogen-bond donors (Lipinski definition) is 4. The number of ketones is 2. The van der Waals surface area contributed by atoms with E-state index >= 15 is 0 Å². The average Bonchev–Trinajstić information content (AvgIpc) is 2.95. The van der Waals surface area contributed by atoms with Gasteiger partial charge in [0.1, 0.15) is 12.2 Å². The van der Waals surface area contributed by atoms with Crippen molar-refractivity contribution in [2.75, 3.05) is 13.2 Å². The lowest BCUT2D eigenvalue weighted by Crippen LogP contribution is -2.64. The van der Waals surface area contributed by atoms with Gasteiger partial charge in [0, 0.05) is 11.8 Å². The van der Waals surface area contributed by atoms with Gasteiger partial charge in [-0.25, -0.2) is 0 Å². The van der Waals surface area contributed by atoms with Crippen LogP contribution in [-0.2, 0) is 9.59 Å². The Morgan fingerprint density at radius 1 is 1.22 bits per heavy atom. The molecule has 0 bridgehead atoms. The van der Waals surface area contributed by atoms with E-state index in [0.717, 1.165) is 18.4 Å². The Morgan fingerprint density at radius 3 is 2.63 bits per heavy atom. The summed E-state index contributed by atoms with van der Waals surface area (Å²) >= 11 is 0. The standard InChI is InChI=1S/C21H30O6/c1-19-6-4-13(24)8-12(19)2-3-14-15-5-7-21(27,17(26)10-22)20(15,11-23)9-16(25)18(14)19/h8,14-16,18,22-23,25,27H,2-7,9-11H2,1H3/t14?,15-,16-,18+,19-,20+,21+/m0/s1. The van der Waals surface area contributed by atoms with Crippen molar-refractivity contribution in [1.29, 1.82) is 0 Å². The number of hydrogen-bond acceptors (Lipinski definition) is 6. The summed E-state index contributed by atoms with van der Waals surface area (Å²) in [6, 6.07) is 0. The van der Waals surface area contributed by atoms with Crippen LogP contribution in [0.3, 0.4) is 0 Å². The number of Topliss-reactive ketones (excluding diaryl/α,β-unsaturated/α-hetero) is 1. The van der Waals surface area contributed by atoms with Crippen molar-refractivity contribution in [2.24, 2.45) is 28.6 Å². The maximum absolute atomic E-state index is 12.4. The summed E-state index contributed by atoms with van der Waals surface area (Å²) < 4.78 is 0. The van der Waals surface area contributed by atoms with Crippen molar-refractivity contribution in [2.45, 2.75) is 63.6 Å². The maximum Gasteiger partial charge on any atom is 0.190 e. The summed E-state index contributed by atoms with van der Waals surface area (Å²) in [6.45, 7) is 0.997. The lowest BCUT2D eigenvalue weighted by Gasteiger charge is -2.60. The summed E-state index contributed by atoms with van der Waals surface area (Å²) in [6.07, 6.45) is 4.72. The molecule has 4 rings (SSSR count). The predicted octanol–water partition coefficient (Wildman–Crippen LogP) is 0.754. The van der Waals surface area contributed by atoms with E-state index in [0.29, 0.717) is 19.3 Å². The second-order valence-electron chi connectivity index (χ2n) is 9.45. The van der Waals surface area contributed by atoms with Gasteiger partial charge in [-0.05, 0) is 67.8 Å².